The number of likely N-dealkylation sites (tertiary alicyclic amines) is 1. The Kier molecular flexibility index (Phi) is 7.95. The number of carbonyl (C=O) groups excluding carboxylic acids is 2. The molecule has 1 amide bonds. The van der Waals surface area contributed by atoms with Crippen molar-refractivity contribution >= 4 is 50.8 Å². The number of carbonyl (C=O) groups is 2. The molecule has 5 rings (SSSR count). The first-order valence-electron chi connectivity index (χ1n) is 12.8. The molecule has 0 saturated carbocycles. The molecule has 0 atom stereocenters. The van der Waals surface area contributed by atoms with Gasteiger partial charge in [0, 0.05) is 50.5 Å². The topological polar surface area (TPSA) is 50.3 Å². The highest BCUT2D eigenvalue weighted by Gasteiger charge is 2.42. The van der Waals surface area contributed by atoms with Gasteiger partial charge < -0.3 is 4.90 Å². The molecule has 1 aliphatic rings. The summed E-state index contributed by atoms with van der Waals surface area (Å²) < 4.78 is 0.953. The van der Waals surface area contributed by atoms with Gasteiger partial charge in [0.2, 0.25) is 0 Å². The molecular formula is C32H27BrCl2N2O2. The van der Waals surface area contributed by atoms with Crippen molar-refractivity contribution in [2.75, 3.05) is 13.1 Å². The van der Waals surface area contributed by atoms with Crippen LogP contribution < -0.4 is 0 Å². The van der Waals surface area contributed by atoms with Gasteiger partial charge in [0.25, 0.3) is 5.91 Å². The van der Waals surface area contributed by atoms with Gasteiger partial charge in [-0.25, -0.2) is 0 Å². The number of rotatable bonds is 5. The van der Waals surface area contributed by atoms with E-state index >= 15 is 0 Å². The van der Waals surface area contributed by atoms with Gasteiger partial charge >= 0.3 is 0 Å². The first-order valence-corrected chi connectivity index (χ1v) is 14.3. The molecule has 0 bridgehead atoms. The summed E-state index contributed by atoms with van der Waals surface area (Å²) in [6.45, 7) is 4.42. The Bertz CT molecular complexity index is 1550. The molecule has 1 aliphatic heterocycles. The van der Waals surface area contributed by atoms with Crippen LogP contribution in [-0.2, 0) is 10.2 Å². The molecule has 0 spiro atoms. The van der Waals surface area contributed by atoms with Crippen molar-refractivity contribution < 1.29 is 9.59 Å². The largest absolute Gasteiger partial charge is 0.338 e. The summed E-state index contributed by atoms with van der Waals surface area (Å²) in [5, 5.41) is 0.976. The fourth-order valence-corrected chi connectivity index (χ4v) is 6.31. The number of amides is 1. The maximum absolute atomic E-state index is 14.3. The Morgan fingerprint density at radius 1 is 0.923 bits per heavy atom. The van der Waals surface area contributed by atoms with Crippen molar-refractivity contribution in [3.63, 3.8) is 0 Å². The van der Waals surface area contributed by atoms with Crippen LogP contribution in [0.1, 0.15) is 41.4 Å². The van der Waals surface area contributed by atoms with Crippen LogP contribution >= 0.6 is 39.1 Å². The highest BCUT2D eigenvalue weighted by atomic mass is 79.9. The van der Waals surface area contributed by atoms with E-state index in [-0.39, 0.29) is 11.7 Å². The van der Waals surface area contributed by atoms with Crippen molar-refractivity contribution in [2.45, 2.75) is 32.1 Å². The van der Waals surface area contributed by atoms with E-state index in [1.54, 1.807) is 25.3 Å². The van der Waals surface area contributed by atoms with Crippen molar-refractivity contribution in [1.82, 2.24) is 9.88 Å². The molecule has 0 N–H and O–H groups in total. The molecule has 39 heavy (non-hydrogen) atoms. The van der Waals surface area contributed by atoms with Gasteiger partial charge in [0.1, 0.15) is 5.78 Å². The molecule has 4 aromatic rings. The molecule has 4 nitrogen and oxygen atoms in total. The smallest absolute Gasteiger partial charge is 0.256 e. The van der Waals surface area contributed by atoms with Gasteiger partial charge in [-0.2, -0.15) is 0 Å². The van der Waals surface area contributed by atoms with Crippen LogP contribution in [-0.4, -0.2) is 34.7 Å². The van der Waals surface area contributed by atoms with Crippen LogP contribution in [0.15, 0.2) is 83.5 Å². The van der Waals surface area contributed by atoms with Gasteiger partial charge in [0.05, 0.1) is 16.7 Å². The Balaban J connectivity index is 1.59. The van der Waals surface area contributed by atoms with E-state index in [9.17, 15) is 9.59 Å². The Morgan fingerprint density at radius 3 is 2.21 bits per heavy atom. The number of halogens is 3. The summed E-state index contributed by atoms with van der Waals surface area (Å²) in [6.07, 6.45) is 2.92. The normalized spacial score (nSPS) is 14.7. The number of hydrogen-bond acceptors (Lipinski definition) is 3. The molecule has 7 heteroatoms. The zero-order valence-electron chi connectivity index (χ0n) is 21.7. The van der Waals surface area contributed by atoms with Crippen molar-refractivity contribution in [3.8, 4) is 22.3 Å². The minimum Gasteiger partial charge on any atom is -0.338 e. The molecular weight excluding hydrogens is 595 g/mol. The number of hydrogen-bond donors (Lipinski definition) is 0. The molecule has 1 fully saturated rings. The van der Waals surface area contributed by atoms with Crippen molar-refractivity contribution in [1.29, 1.82) is 0 Å². The Morgan fingerprint density at radius 2 is 1.59 bits per heavy atom. The molecule has 3 aromatic carbocycles. The van der Waals surface area contributed by atoms with Crippen LogP contribution in [0.5, 0.6) is 0 Å². The van der Waals surface area contributed by atoms with Gasteiger partial charge in [-0.1, -0.05) is 87.7 Å². The molecule has 0 unspecified atom stereocenters. The second kappa shape index (κ2) is 11.2. The van der Waals surface area contributed by atoms with Crippen molar-refractivity contribution in [2.24, 2.45) is 0 Å². The first-order chi connectivity index (χ1) is 18.7. The fraction of sp³-hybridized carbons (Fsp3) is 0.219. The average Bonchev–Trinajstić information content (AvgIpc) is 2.94. The zero-order chi connectivity index (χ0) is 27.7. The summed E-state index contributed by atoms with van der Waals surface area (Å²) in [7, 11) is 0. The SMILES string of the molecule is CC(=O)C1(c2ccccc2)CCN(C(=O)c2c(C)ncc(-c3ccc(Br)cc3)c2-c2ccc(Cl)cc2Cl)CC1. The Hall–Kier alpha value is -2.99. The monoisotopic (exact) mass is 620 g/mol. The van der Waals surface area contributed by atoms with Gasteiger partial charge in [-0.3, -0.25) is 14.6 Å². The van der Waals surface area contributed by atoms with Crippen LogP contribution in [0.2, 0.25) is 10.0 Å². The lowest BCUT2D eigenvalue weighted by atomic mass is 9.70. The van der Waals surface area contributed by atoms with E-state index in [4.69, 9.17) is 23.2 Å². The van der Waals surface area contributed by atoms with E-state index < -0.39 is 5.41 Å². The Labute approximate surface area is 247 Å². The summed E-state index contributed by atoms with van der Waals surface area (Å²) in [5.41, 5.74) is 4.71. The van der Waals surface area contributed by atoms with Gasteiger partial charge in [-0.15, -0.1) is 0 Å². The third-order valence-electron chi connectivity index (χ3n) is 7.74. The highest BCUT2D eigenvalue weighted by Crippen LogP contribution is 2.42. The standard InChI is InChI=1S/C32H27BrCl2N2O2/c1-20-29(31(39)37-16-14-32(15-17-37,21(2)38)23-6-4-3-5-7-23)30(26-13-12-25(34)18-28(26)35)27(19-36-20)22-8-10-24(33)11-9-22/h3-13,18-19H,14-17H2,1-2H3. The lowest BCUT2D eigenvalue weighted by Gasteiger charge is -2.41. The minimum atomic E-state index is -0.590. The van der Waals surface area contributed by atoms with Crippen LogP contribution in [0.4, 0.5) is 0 Å². The summed E-state index contributed by atoms with van der Waals surface area (Å²) in [6, 6.07) is 23.1. The van der Waals surface area contributed by atoms with Crippen LogP contribution in [0.3, 0.4) is 0 Å². The number of piperidine rings is 1. The van der Waals surface area contributed by atoms with Gasteiger partial charge in [-0.05, 0) is 62.1 Å². The maximum atomic E-state index is 14.3. The molecule has 1 aromatic heterocycles. The number of ketones is 1. The highest BCUT2D eigenvalue weighted by molar-refractivity contribution is 9.10. The summed E-state index contributed by atoms with van der Waals surface area (Å²) in [4.78, 5) is 33.7. The molecule has 2 heterocycles. The second-order valence-corrected chi connectivity index (χ2v) is 11.7. The number of aromatic nitrogens is 1. The van der Waals surface area contributed by atoms with E-state index in [1.165, 1.54) is 0 Å². The molecule has 198 valence electrons. The fourth-order valence-electron chi connectivity index (χ4n) is 5.54. The van der Waals surface area contributed by atoms with E-state index in [1.807, 2.05) is 72.5 Å². The van der Waals surface area contributed by atoms with Crippen LogP contribution in [0.25, 0.3) is 22.3 Å². The lowest BCUT2D eigenvalue weighted by Crippen LogP contribution is -2.48. The molecule has 1 saturated heterocycles. The summed E-state index contributed by atoms with van der Waals surface area (Å²) >= 11 is 16.5. The third-order valence-corrected chi connectivity index (χ3v) is 8.82. The average molecular weight is 622 g/mol. The number of nitrogens with zero attached hydrogens (tertiary/aromatic N) is 2. The molecule has 0 radical (unpaired) electrons. The number of pyridine rings is 1. The maximum Gasteiger partial charge on any atom is 0.256 e. The third kappa shape index (κ3) is 5.28. The van der Waals surface area contributed by atoms with Crippen molar-refractivity contribution in [3.05, 3.63) is 110 Å². The quantitative estimate of drug-likeness (QED) is 0.224. The number of benzene rings is 3. The predicted molar refractivity (Wildman–Crippen MR) is 162 cm³/mol. The summed E-state index contributed by atoms with van der Waals surface area (Å²) in [5.74, 6) is 0.00899. The predicted octanol–water partition coefficient (Wildman–Crippen LogP) is 8.56. The van der Waals surface area contributed by atoms with E-state index in [0.29, 0.717) is 52.8 Å². The second-order valence-electron chi connectivity index (χ2n) is 9.93. The first kappa shape index (κ1) is 27.6. The number of Topliss-reactive ketones (excluding diaryl/α,β-unsaturated/α-hetero) is 1. The van der Waals surface area contributed by atoms with Crippen LogP contribution in [0, 0.1) is 6.92 Å². The van der Waals surface area contributed by atoms with Gasteiger partial charge in [0.15, 0.2) is 0 Å². The van der Waals surface area contributed by atoms with E-state index in [0.717, 1.165) is 26.7 Å². The zero-order valence-corrected chi connectivity index (χ0v) is 24.8. The van der Waals surface area contributed by atoms with E-state index in [2.05, 4.69) is 20.9 Å². The number of aryl methyl sites for hydroxylation is 1. The molecule has 0 aliphatic carbocycles. The lowest BCUT2D eigenvalue weighted by molar-refractivity contribution is -0.124. The minimum absolute atomic E-state index is 0.120.